The molecule has 2 aromatic heterocycles. The van der Waals surface area contributed by atoms with E-state index in [4.69, 9.17) is 0 Å². The fourth-order valence-corrected chi connectivity index (χ4v) is 1.70. The van der Waals surface area contributed by atoms with Crippen molar-refractivity contribution in [2.24, 2.45) is 0 Å². The van der Waals surface area contributed by atoms with Gasteiger partial charge in [-0.2, -0.15) is 10.2 Å². The highest BCUT2D eigenvalue weighted by Crippen LogP contribution is 2.04. The molecule has 102 valence electrons. The number of rotatable bonds is 5. The zero-order chi connectivity index (χ0) is 13.8. The van der Waals surface area contributed by atoms with Crippen LogP contribution in [0.15, 0.2) is 24.9 Å². The maximum atomic E-state index is 12.0. The topological polar surface area (TPSA) is 77.6 Å². The van der Waals surface area contributed by atoms with Crippen LogP contribution < -0.4 is 5.32 Å². The third-order valence-corrected chi connectivity index (χ3v) is 2.68. The molecule has 2 aromatic rings. The first kappa shape index (κ1) is 13.3. The molecule has 0 aliphatic carbocycles. The van der Waals surface area contributed by atoms with Crippen LogP contribution in [0.25, 0.3) is 0 Å². The summed E-state index contributed by atoms with van der Waals surface area (Å²) < 4.78 is 3.44. The number of nitrogens with zero attached hydrogens (tertiary/aromatic N) is 5. The maximum absolute atomic E-state index is 12.0. The zero-order valence-electron chi connectivity index (χ0n) is 11.3. The van der Waals surface area contributed by atoms with Gasteiger partial charge in [0, 0.05) is 18.3 Å². The first-order valence-corrected chi connectivity index (χ1v) is 6.24. The highest BCUT2D eigenvalue weighted by molar-refractivity contribution is 5.92. The SMILES string of the molecule is CC(C)n1ccc(C(=O)N[C@H](C)Cn2cncn2)n1. The van der Waals surface area contributed by atoms with E-state index in [9.17, 15) is 4.79 Å². The van der Waals surface area contributed by atoms with Crippen LogP contribution >= 0.6 is 0 Å². The van der Waals surface area contributed by atoms with Gasteiger partial charge in [0.25, 0.3) is 5.91 Å². The Hall–Kier alpha value is -2.18. The first-order chi connectivity index (χ1) is 9.06. The summed E-state index contributed by atoms with van der Waals surface area (Å²) in [5, 5.41) is 11.1. The summed E-state index contributed by atoms with van der Waals surface area (Å²) in [5.41, 5.74) is 0.430. The van der Waals surface area contributed by atoms with Gasteiger partial charge in [0.2, 0.25) is 0 Å². The highest BCUT2D eigenvalue weighted by atomic mass is 16.2. The first-order valence-electron chi connectivity index (χ1n) is 6.24. The van der Waals surface area contributed by atoms with E-state index in [0.717, 1.165) is 0 Å². The van der Waals surface area contributed by atoms with E-state index in [-0.39, 0.29) is 18.0 Å². The largest absolute Gasteiger partial charge is 0.346 e. The molecule has 0 unspecified atom stereocenters. The molecule has 1 N–H and O–H groups in total. The normalized spacial score (nSPS) is 12.6. The van der Waals surface area contributed by atoms with Gasteiger partial charge in [-0.1, -0.05) is 0 Å². The molecular weight excluding hydrogens is 244 g/mol. The summed E-state index contributed by atoms with van der Waals surface area (Å²) >= 11 is 0. The van der Waals surface area contributed by atoms with Gasteiger partial charge in [0.05, 0.1) is 6.54 Å². The Bertz CT molecular complexity index is 530. The second-order valence-corrected chi connectivity index (χ2v) is 4.77. The summed E-state index contributed by atoms with van der Waals surface area (Å²) in [7, 11) is 0. The van der Waals surface area contributed by atoms with Crippen LogP contribution in [0.2, 0.25) is 0 Å². The Morgan fingerprint density at radius 2 is 2.21 bits per heavy atom. The highest BCUT2D eigenvalue weighted by Gasteiger charge is 2.13. The standard InChI is InChI=1S/C12H18N6O/c1-9(2)18-5-4-11(16-18)12(19)15-10(3)6-17-8-13-7-14-17/h4-5,7-10H,6H2,1-3H3,(H,15,19)/t10-/m1/s1. The van der Waals surface area contributed by atoms with Crippen LogP contribution in [0, 0.1) is 0 Å². The fourth-order valence-electron chi connectivity index (χ4n) is 1.70. The van der Waals surface area contributed by atoms with Crippen molar-refractivity contribution in [2.45, 2.75) is 39.4 Å². The lowest BCUT2D eigenvalue weighted by Gasteiger charge is -2.12. The molecule has 7 nitrogen and oxygen atoms in total. The molecular formula is C12H18N6O. The third-order valence-electron chi connectivity index (χ3n) is 2.68. The van der Waals surface area contributed by atoms with Gasteiger partial charge in [0.15, 0.2) is 0 Å². The Balaban J connectivity index is 1.92. The fraction of sp³-hybridized carbons (Fsp3) is 0.500. The minimum absolute atomic E-state index is 0.0431. The van der Waals surface area contributed by atoms with Crippen LogP contribution in [0.1, 0.15) is 37.3 Å². The Labute approximate surface area is 111 Å². The van der Waals surface area contributed by atoms with Crippen molar-refractivity contribution in [2.75, 3.05) is 0 Å². The molecule has 0 spiro atoms. The van der Waals surface area contributed by atoms with Gasteiger partial charge < -0.3 is 5.32 Å². The number of carbonyl (C=O) groups is 1. The predicted molar refractivity (Wildman–Crippen MR) is 69.6 cm³/mol. The second kappa shape index (κ2) is 5.64. The van der Waals surface area contributed by atoms with E-state index in [1.54, 1.807) is 21.8 Å². The van der Waals surface area contributed by atoms with Gasteiger partial charge in [-0.05, 0) is 26.8 Å². The van der Waals surface area contributed by atoms with Gasteiger partial charge in [-0.25, -0.2) is 4.98 Å². The zero-order valence-corrected chi connectivity index (χ0v) is 11.3. The molecule has 0 aliphatic heterocycles. The average Bonchev–Trinajstić information content (AvgIpc) is 2.98. The molecule has 2 heterocycles. The van der Waals surface area contributed by atoms with Crippen molar-refractivity contribution in [3.05, 3.63) is 30.6 Å². The Morgan fingerprint density at radius 3 is 2.79 bits per heavy atom. The second-order valence-electron chi connectivity index (χ2n) is 4.77. The predicted octanol–water partition coefficient (Wildman–Crippen LogP) is 0.874. The number of hydrogen-bond acceptors (Lipinski definition) is 4. The number of hydrogen-bond donors (Lipinski definition) is 1. The minimum Gasteiger partial charge on any atom is -0.346 e. The van der Waals surface area contributed by atoms with E-state index in [1.165, 1.54) is 6.33 Å². The van der Waals surface area contributed by atoms with Gasteiger partial charge >= 0.3 is 0 Å². The van der Waals surface area contributed by atoms with Crippen LogP contribution in [0.3, 0.4) is 0 Å². The van der Waals surface area contributed by atoms with E-state index >= 15 is 0 Å². The van der Waals surface area contributed by atoms with Gasteiger partial charge in [0.1, 0.15) is 18.3 Å². The van der Waals surface area contributed by atoms with Crippen molar-refractivity contribution in [3.63, 3.8) is 0 Å². The van der Waals surface area contributed by atoms with Crippen molar-refractivity contribution < 1.29 is 4.79 Å². The minimum atomic E-state index is -0.174. The molecule has 0 bridgehead atoms. The number of amides is 1. The lowest BCUT2D eigenvalue weighted by molar-refractivity contribution is 0.0930. The van der Waals surface area contributed by atoms with Gasteiger partial charge in [-0.15, -0.1) is 0 Å². The average molecular weight is 262 g/mol. The smallest absolute Gasteiger partial charge is 0.272 e. The molecule has 0 radical (unpaired) electrons. The Morgan fingerprint density at radius 1 is 1.42 bits per heavy atom. The third kappa shape index (κ3) is 3.40. The molecule has 0 fully saturated rings. The van der Waals surface area contributed by atoms with Gasteiger partial charge in [-0.3, -0.25) is 14.2 Å². The van der Waals surface area contributed by atoms with Crippen molar-refractivity contribution >= 4 is 5.91 Å². The lowest BCUT2D eigenvalue weighted by atomic mass is 10.3. The van der Waals surface area contributed by atoms with Crippen LogP contribution in [-0.4, -0.2) is 36.5 Å². The van der Waals surface area contributed by atoms with Crippen LogP contribution in [0.5, 0.6) is 0 Å². The van der Waals surface area contributed by atoms with Crippen molar-refractivity contribution in [3.8, 4) is 0 Å². The summed E-state index contributed by atoms with van der Waals surface area (Å²) in [6.45, 7) is 6.53. The summed E-state index contributed by atoms with van der Waals surface area (Å²) in [4.78, 5) is 15.8. The quantitative estimate of drug-likeness (QED) is 0.867. The number of carbonyl (C=O) groups excluding carboxylic acids is 1. The maximum Gasteiger partial charge on any atom is 0.272 e. The molecule has 19 heavy (non-hydrogen) atoms. The van der Waals surface area contributed by atoms with E-state index < -0.39 is 0 Å². The summed E-state index contributed by atoms with van der Waals surface area (Å²) in [6, 6.07) is 1.92. The van der Waals surface area contributed by atoms with Crippen LogP contribution in [0.4, 0.5) is 0 Å². The summed E-state index contributed by atoms with van der Waals surface area (Å²) in [5.74, 6) is -0.174. The molecule has 1 amide bonds. The molecule has 2 rings (SSSR count). The van der Waals surface area contributed by atoms with Crippen LogP contribution in [-0.2, 0) is 6.54 Å². The summed E-state index contributed by atoms with van der Waals surface area (Å²) in [6.07, 6.45) is 4.90. The molecule has 1 atom stereocenters. The Kier molecular flexibility index (Phi) is 3.94. The van der Waals surface area contributed by atoms with E-state index in [2.05, 4.69) is 20.5 Å². The molecule has 0 saturated heterocycles. The molecule has 0 saturated carbocycles. The monoisotopic (exact) mass is 262 g/mol. The molecule has 0 aliphatic rings. The van der Waals surface area contributed by atoms with Crippen molar-refractivity contribution in [1.29, 1.82) is 0 Å². The number of aromatic nitrogens is 5. The molecule has 0 aromatic carbocycles. The number of nitrogens with one attached hydrogen (secondary N) is 1. The van der Waals surface area contributed by atoms with E-state index in [1.807, 2.05) is 27.0 Å². The molecule has 7 heteroatoms. The lowest BCUT2D eigenvalue weighted by Crippen LogP contribution is -2.36. The van der Waals surface area contributed by atoms with Crippen molar-refractivity contribution in [1.82, 2.24) is 29.9 Å². The van der Waals surface area contributed by atoms with E-state index in [0.29, 0.717) is 12.2 Å².